The molecule has 2 rings (SSSR count). The van der Waals surface area contributed by atoms with E-state index in [1.165, 1.54) is 0 Å². The second kappa shape index (κ2) is 14.9. The van der Waals surface area contributed by atoms with Gasteiger partial charge in [-0.05, 0) is 49.2 Å². The quantitative estimate of drug-likeness (QED) is 0.190. The maximum absolute atomic E-state index is 12.1. The molecule has 0 spiro atoms. The van der Waals surface area contributed by atoms with Crippen LogP contribution >= 0.6 is 11.6 Å². The van der Waals surface area contributed by atoms with Crippen LogP contribution in [0.5, 0.6) is 5.75 Å². The van der Waals surface area contributed by atoms with Gasteiger partial charge in [-0.3, -0.25) is 4.79 Å². The Labute approximate surface area is 208 Å². The molecule has 0 saturated heterocycles. The number of benzene rings is 2. The van der Waals surface area contributed by atoms with Crippen molar-refractivity contribution in [2.24, 2.45) is 0 Å². The van der Waals surface area contributed by atoms with Gasteiger partial charge in [-0.25, -0.2) is 9.59 Å². The van der Waals surface area contributed by atoms with E-state index in [-0.39, 0.29) is 42.5 Å². The molecule has 1 atom stereocenters. The van der Waals surface area contributed by atoms with Crippen molar-refractivity contribution in [1.29, 1.82) is 0 Å². The number of hydrogen-bond acceptors (Lipinski definition) is 6. The van der Waals surface area contributed by atoms with Gasteiger partial charge in [0.1, 0.15) is 5.75 Å². The first-order valence-electron chi connectivity index (χ1n) is 9.64. The molecule has 2 aromatic rings. The number of amides is 1. The van der Waals surface area contributed by atoms with Crippen molar-refractivity contribution >= 4 is 59.2 Å². The Balaban J connectivity index is 0.00000480. The molecule has 1 N–H and O–H groups in total. The van der Waals surface area contributed by atoms with E-state index < -0.39 is 24.3 Å². The van der Waals surface area contributed by atoms with Crippen molar-refractivity contribution < 1.29 is 28.6 Å². The maximum atomic E-state index is 12.1. The van der Waals surface area contributed by atoms with Gasteiger partial charge in [0.05, 0.1) is 5.56 Å². The number of hydrogen-bond donors (Lipinski definition) is 1. The summed E-state index contributed by atoms with van der Waals surface area (Å²) in [5.41, 5.74) is 0.377. The van der Waals surface area contributed by atoms with Crippen LogP contribution in [-0.4, -0.2) is 60.4 Å². The number of alkyl carbamates (subject to hydrolysis) is 1. The Hall–Kier alpha value is -2.06. The van der Waals surface area contributed by atoms with Crippen LogP contribution in [0.25, 0.3) is 0 Å². The van der Waals surface area contributed by atoms with Crippen LogP contribution < -0.4 is 10.1 Å². The summed E-state index contributed by atoms with van der Waals surface area (Å²) in [5.74, 6) is -0.584. The van der Waals surface area contributed by atoms with Crippen LogP contribution in [0.15, 0.2) is 54.6 Å². The molecule has 1 amide bonds. The van der Waals surface area contributed by atoms with Gasteiger partial charge in [-0.2, -0.15) is 0 Å². The average molecular weight is 458 g/mol. The molecule has 0 bridgehead atoms. The summed E-state index contributed by atoms with van der Waals surface area (Å²) in [6.45, 7) is 2.09. The predicted octanol–water partition coefficient (Wildman–Crippen LogP) is 4.09. The predicted molar refractivity (Wildman–Crippen MR) is 119 cm³/mol. The zero-order chi connectivity index (χ0) is 21.8. The van der Waals surface area contributed by atoms with Crippen LogP contribution in [0.3, 0.4) is 0 Å². The van der Waals surface area contributed by atoms with Gasteiger partial charge in [-0.1, -0.05) is 36.7 Å². The molecule has 9 heteroatoms. The van der Waals surface area contributed by atoms with E-state index in [1.54, 1.807) is 54.6 Å². The SMILES string of the molecule is CCCC(OC(=O)NCCCC(=O)Oc1ccc(Cl)cc1)OC(=O)c1ccccc1.[NaH]. The molecule has 2 aromatic carbocycles. The first-order chi connectivity index (χ1) is 14.5. The van der Waals surface area contributed by atoms with E-state index in [2.05, 4.69) is 5.32 Å². The van der Waals surface area contributed by atoms with Crippen LogP contribution in [-0.2, 0) is 14.3 Å². The van der Waals surface area contributed by atoms with E-state index >= 15 is 0 Å². The number of halogens is 1. The van der Waals surface area contributed by atoms with Crippen molar-refractivity contribution in [3.05, 3.63) is 65.2 Å². The van der Waals surface area contributed by atoms with E-state index in [9.17, 15) is 14.4 Å². The van der Waals surface area contributed by atoms with E-state index in [0.29, 0.717) is 35.6 Å². The molecule has 0 aliphatic heterocycles. The van der Waals surface area contributed by atoms with Gasteiger partial charge >= 0.3 is 47.6 Å². The zero-order valence-corrected chi connectivity index (χ0v) is 17.4. The minimum atomic E-state index is -0.988. The molecule has 0 saturated carbocycles. The Morgan fingerprint density at radius 1 is 1.00 bits per heavy atom. The van der Waals surface area contributed by atoms with Crippen molar-refractivity contribution in [3.8, 4) is 5.75 Å². The third-order valence-corrected chi connectivity index (χ3v) is 4.14. The Kier molecular flexibility index (Phi) is 12.9. The summed E-state index contributed by atoms with van der Waals surface area (Å²) >= 11 is 5.77. The van der Waals surface area contributed by atoms with Gasteiger partial charge in [0, 0.05) is 24.4 Å². The van der Waals surface area contributed by atoms with Crippen LogP contribution in [0.2, 0.25) is 5.02 Å². The van der Waals surface area contributed by atoms with E-state index in [1.807, 2.05) is 6.92 Å². The summed E-state index contributed by atoms with van der Waals surface area (Å²) in [6.07, 6.45) is -0.192. The first-order valence-corrected chi connectivity index (χ1v) is 10.0. The summed E-state index contributed by atoms with van der Waals surface area (Å²) in [7, 11) is 0. The number of nitrogens with one attached hydrogen (secondary N) is 1. The molecule has 0 radical (unpaired) electrons. The van der Waals surface area contributed by atoms with E-state index in [4.69, 9.17) is 25.8 Å². The van der Waals surface area contributed by atoms with Crippen molar-refractivity contribution in [2.45, 2.75) is 38.9 Å². The second-order valence-electron chi connectivity index (χ2n) is 6.35. The molecule has 0 aromatic heterocycles. The second-order valence-corrected chi connectivity index (χ2v) is 6.79. The van der Waals surface area contributed by atoms with Crippen LogP contribution in [0.4, 0.5) is 4.79 Å². The molecule has 7 nitrogen and oxygen atoms in total. The monoisotopic (exact) mass is 457 g/mol. The minimum absolute atomic E-state index is 0. The fourth-order valence-corrected chi connectivity index (χ4v) is 2.53. The third-order valence-electron chi connectivity index (χ3n) is 3.88. The molecule has 1 unspecified atom stereocenters. The fourth-order valence-electron chi connectivity index (χ4n) is 2.41. The molecule has 0 aliphatic carbocycles. The number of esters is 2. The normalized spacial score (nSPS) is 10.9. The number of carbonyl (C=O) groups is 3. The number of ether oxygens (including phenoxy) is 3. The van der Waals surface area contributed by atoms with Crippen LogP contribution in [0, 0.1) is 0 Å². The topological polar surface area (TPSA) is 90.9 Å². The molecule has 0 fully saturated rings. The Bertz CT molecular complexity index is 832. The molecule has 162 valence electrons. The zero-order valence-electron chi connectivity index (χ0n) is 16.6. The molecule has 0 aliphatic rings. The molecular formula is C22H25ClNNaO6. The van der Waals surface area contributed by atoms with Gasteiger partial charge in [0.2, 0.25) is 6.29 Å². The van der Waals surface area contributed by atoms with Gasteiger partial charge in [0.25, 0.3) is 0 Å². The van der Waals surface area contributed by atoms with Gasteiger partial charge in [-0.15, -0.1) is 0 Å². The van der Waals surface area contributed by atoms with E-state index in [0.717, 1.165) is 0 Å². The van der Waals surface area contributed by atoms with Crippen molar-refractivity contribution in [1.82, 2.24) is 5.32 Å². The summed E-state index contributed by atoms with van der Waals surface area (Å²) in [4.78, 5) is 35.9. The molecule has 0 heterocycles. The summed E-state index contributed by atoms with van der Waals surface area (Å²) < 4.78 is 15.6. The Morgan fingerprint density at radius 2 is 1.68 bits per heavy atom. The number of carbonyl (C=O) groups excluding carboxylic acids is 3. The first kappa shape index (κ1) is 27.0. The summed E-state index contributed by atoms with van der Waals surface area (Å²) in [5, 5.41) is 3.08. The fraction of sp³-hybridized carbons (Fsp3) is 0.318. The van der Waals surface area contributed by atoms with Gasteiger partial charge < -0.3 is 19.5 Å². The Morgan fingerprint density at radius 3 is 2.32 bits per heavy atom. The van der Waals surface area contributed by atoms with Crippen molar-refractivity contribution in [2.75, 3.05) is 6.54 Å². The van der Waals surface area contributed by atoms with Gasteiger partial charge in [0.15, 0.2) is 0 Å². The van der Waals surface area contributed by atoms with Crippen molar-refractivity contribution in [3.63, 3.8) is 0 Å². The number of rotatable bonds is 10. The summed E-state index contributed by atoms with van der Waals surface area (Å²) in [6, 6.07) is 14.9. The van der Waals surface area contributed by atoms with Crippen LogP contribution in [0.1, 0.15) is 43.0 Å². The molecule has 31 heavy (non-hydrogen) atoms. The standard InChI is InChI=1S/C22H24ClNO6.Na.H/c1-2-7-20(29-21(26)16-8-4-3-5-9-16)30-22(27)24-15-6-10-19(25)28-18-13-11-17(23)12-14-18;;/h3-5,8-9,11-14,20H,2,6-7,10,15H2,1H3,(H,24,27);;. The third kappa shape index (κ3) is 10.7. The average Bonchev–Trinajstić information content (AvgIpc) is 2.73. The molecular weight excluding hydrogens is 433 g/mol.